The van der Waals surface area contributed by atoms with Crippen LogP contribution in [0.5, 0.6) is 0 Å². The van der Waals surface area contributed by atoms with Crippen LogP contribution in [0.1, 0.15) is 20.3 Å². The zero-order valence-corrected chi connectivity index (χ0v) is 10.4. The first-order valence-electron chi connectivity index (χ1n) is 4.65. The number of carbonyl (C=O) groups is 1. The van der Waals surface area contributed by atoms with Crippen LogP contribution in [-0.2, 0) is 14.0 Å². The Balaban J connectivity index is 3.26. The lowest BCUT2D eigenvalue weighted by atomic mass is 10.4. The van der Waals surface area contributed by atoms with E-state index in [1.807, 2.05) is 6.92 Å². The molecule has 0 bridgehead atoms. The second-order valence-corrected chi connectivity index (χ2v) is 4.58. The maximum absolute atomic E-state index is 10.9. The van der Waals surface area contributed by atoms with Crippen LogP contribution in [-0.4, -0.2) is 22.3 Å². The Morgan fingerprint density at radius 3 is 2.50 bits per heavy atom. The lowest BCUT2D eigenvalue weighted by molar-refractivity contribution is -0.138. The van der Waals surface area contributed by atoms with Gasteiger partial charge in [0.15, 0.2) is 0 Å². The summed E-state index contributed by atoms with van der Waals surface area (Å²) in [4.78, 5) is 10.9. The molecular formula is C10H18O3Si. The normalized spacial score (nSPS) is 10.1. The molecule has 0 aliphatic rings. The molecule has 0 amide bonds. The lowest BCUT2D eigenvalue weighted by Gasteiger charge is -2.05. The van der Waals surface area contributed by atoms with Crippen molar-refractivity contribution in [1.29, 1.82) is 0 Å². The highest BCUT2D eigenvalue weighted by atomic mass is 28.2. The minimum absolute atomic E-state index is 0.313. The molecule has 0 unspecified atom stereocenters. The highest BCUT2D eigenvalue weighted by molar-refractivity contribution is 6.27. The molecule has 0 spiro atoms. The van der Waals surface area contributed by atoms with E-state index in [9.17, 15) is 4.79 Å². The van der Waals surface area contributed by atoms with E-state index < -0.39 is 9.76 Å². The molecule has 0 radical (unpaired) electrons. The molecular weight excluding hydrogens is 196 g/mol. The Hall–Kier alpha value is -1.03. The van der Waals surface area contributed by atoms with Crippen LogP contribution in [0, 0.1) is 0 Å². The largest absolute Gasteiger partial charge is 0.553 e. The fourth-order valence-electron chi connectivity index (χ4n) is 0.739. The van der Waals surface area contributed by atoms with E-state index in [1.165, 1.54) is 0 Å². The molecule has 0 aromatic heterocycles. The van der Waals surface area contributed by atoms with Gasteiger partial charge >= 0.3 is 5.97 Å². The molecule has 0 aliphatic carbocycles. The van der Waals surface area contributed by atoms with Crippen molar-refractivity contribution >= 4 is 15.7 Å². The van der Waals surface area contributed by atoms with E-state index in [2.05, 4.69) is 13.2 Å². The van der Waals surface area contributed by atoms with Crippen molar-refractivity contribution < 1.29 is 14.0 Å². The quantitative estimate of drug-likeness (QED) is 0.212. The average molecular weight is 214 g/mol. The summed E-state index contributed by atoms with van der Waals surface area (Å²) in [5.41, 5.74) is 0.445. The Morgan fingerprint density at radius 1 is 1.36 bits per heavy atom. The number of rotatable bonds is 7. The van der Waals surface area contributed by atoms with Crippen LogP contribution in [0.3, 0.4) is 0 Å². The Morgan fingerprint density at radius 2 is 2.00 bits per heavy atom. The molecule has 4 heteroatoms. The first kappa shape index (κ1) is 13.0. The second kappa shape index (κ2) is 7.38. The Labute approximate surface area is 87.7 Å². The molecule has 0 saturated carbocycles. The minimum atomic E-state index is -0.514. The number of ether oxygens (including phenoxy) is 1. The van der Waals surface area contributed by atoms with Gasteiger partial charge in [-0.1, -0.05) is 13.2 Å². The molecule has 0 fully saturated rings. The number of hydrogen-bond acceptors (Lipinski definition) is 3. The van der Waals surface area contributed by atoms with Crippen molar-refractivity contribution in [2.75, 3.05) is 6.61 Å². The summed E-state index contributed by atoms with van der Waals surface area (Å²) >= 11 is 0. The number of carbonyl (C=O) groups excluding carboxylic acids is 1. The zero-order valence-electron chi connectivity index (χ0n) is 8.97. The summed E-state index contributed by atoms with van der Waals surface area (Å²) in [6.45, 7) is 11.1. The summed E-state index contributed by atoms with van der Waals surface area (Å²) in [7, 11) is -0.514. The molecule has 0 N–H and O–H groups in total. The van der Waals surface area contributed by atoms with Gasteiger partial charge < -0.3 is 9.16 Å². The molecule has 3 nitrogen and oxygen atoms in total. The van der Waals surface area contributed by atoms with Crippen LogP contribution in [0.25, 0.3) is 0 Å². The lowest BCUT2D eigenvalue weighted by Crippen LogP contribution is -2.07. The van der Waals surface area contributed by atoms with Gasteiger partial charge in [-0.25, -0.2) is 4.79 Å². The third kappa shape index (κ3) is 7.61. The van der Waals surface area contributed by atoms with Crippen LogP contribution in [0.2, 0.25) is 6.04 Å². The fourth-order valence-corrected chi connectivity index (χ4v) is 1.64. The summed E-state index contributed by atoms with van der Waals surface area (Å²) < 4.78 is 10.2. The maximum Gasteiger partial charge on any atom is 0.333 e. The van der Waals surface area contributed by atoms with Gasteiger partial charge in [-0.15, -0.1) is 0 Å². The van der Waals surface area contributed by atoms with Crippen molar-refractivity contribution in [1.82, 2.24) is 0 Å². The van der Waals surface area contributed by atoms with Crippen LogP contribution in [0.15, 0.2) is 24.5 Å². The first-order chi connectivity index (χ1) is 6.54. The van der Waals surface area contributed by atoms with E-state index in [1.54, 1.807) is 6.92 Å². The van der Waals surface area contributed by atoms with Gasteiger partial charge in [0, 0.05) is 5.57 Å². The van der Waals surface area contributed by atoms with Gasteiger partial charge in [-0.2, -0.15) is 0 Å². The predicted molar refractivity (Wildman–Crippen MR) is 59.6 cm³/mol. The fraction of sp³-hybridized carbons (Fsp3) is 0.500. The SMILES string of the molecule is C=C(C)O[SiH2]CCCOC(=O)C(=C)C. The Kier molecular flexibility index (Phi) is 6.83. The van der Waals surface area contributed by atoms with Crippen LogP contribution < -0.4 is 0 Å². The summed E-state index contributed by atoms with van der Waals surface area (Å²) in [6, 6.07) is 0.996. The second-order valence-electron chi connectivity index (χ2n) is 3.17. The van der Waals surface area contributed by atoms with Gasteiger partial charge in [0.1, 0.15) is 0 Å². The molecule has 0 aliphatic heterocycles. The Bertz CT molecular complexity index is 223. The molecule has 0 aromatic rings. The molecule has 0 saturated heterocycles. The number of hydrogen-bond donors (Lipinski definition) is 0. The van der Waals surface area contributed by atoms with Crippen molar-refractivity contribution in [3.8, 4) is 0 Å². The van der Waals surface area contributed by atoms with E-state index in [0.717, 1.165) is 18.2 Å². The number of esters is 1. The van der Waals surface area contributed by atoms with E-state index >= 15 is 0 Å². The first-order valence-corrected chi connectivity index (χ1v) is 6.22. The topological polar surface area (TPSA) is 35.5 Å². The van der Waals surface area contributed by atoms with Gasteiger partial charge in [0.2, 0.25) is 9.76 Å². The number of allylic oxidation sites excluding steroid dienone is 1. The highest BCUT2D eigenvalue weighted by Crippen LogP contribution is 1.97. The van der Waals surface area contributed by atoms with E-state index in [4.69, 9.17) is 9.16 Å². The van der Waals surface area contributed by atoms with Crippen molar-refractivity contribution in [3.05, 3.63) is 24.5 Å². The van der Waals surface area contributed by atoms with Crippen LogP contribution in [0.4, 0.5) is 0 Å². The summed E-state index contributed by atoms with van der Waals surface area (Å²) in [5.74, 6) is 0.461. The third-order valence-corrected chi connectivity index (χ3v) is 2.95. The van der Waals surface area contributed by atoms with Gasteiger partial charge in [-0.3, -0.25) is 0 Å². The zero-order chi connectivity index (χ0) is 11.0. The molecule has 0 heterocycles. The monoisotopic (exact) mass is 214 g/mol. The highest BCUT2D eigenvalue weighted by Gasteiger charge is 2.01. The third-order valence-electron chi connectivity index (χ3n) is 1.47. The molecule has 0 rings (SSSR count). The van der Waals surface area contributed by atoms with E-state index in [0.29, 0.717) is 12.2 Å². The van der Waals surface area contributed by atoms with E-state index in [-0.39, 0.29) is 5.97 Å². The molecule has 0 aromatic carbocycles. The van der Waals surface area contributed by atoms with Crippen LogP contribution >= 0.6 is 0 Å². The average Bonchev–Trinajstić information content (AvgIpc) is 2.09. The van der Waals surface area contributed by atoms with Gasteiger partial charge in [-0.05, 0) is 26.3 Å². The van der Waals surface area contributed by atoms with Gasteiger partial charge in [0.25, 0.3) is 0 Å². The van der Waals surface area contributed by atoms with Gasteiger partial charge in [0.05, 0.1) is 12.4 Å². The van der Waals surface area contributed by atoms with Crippen molar-refractivity contribution in [3.63, 3.8) is 0 Å². The predicted octanol–water partition coefficient (Wildman–Crippen LogP) is 1.55. The van der Waals surface area contributed by atoms with Crippen molar-refractivity contribution in [2.24, 2.45) is 0 Å². The molecule has 80 valence electrons. The molecule has 14 heavy (non-hydrogen) atoms. The minimum Gasteiger partial charge on any atom is -0.553 e. The van der Waals surface area contributed by atoms with Crippen molar-refractivity contribution in [2.45, 2.75) is 26.3 Å². The summed E-state index contributed by atoms with van der Waals surface area (Å²) in [5, 5.41) is 0. The standard InChI is InChI=1S/C10H18O3Si/c1-8(2)10(11)12-6-5-7-14-13-9(3)4/h1,3,5-7,14H2,2,4H3. The summed E-state index contributed by atoms with van der Waals surface area (Å²) in [6.07, 6.45) is 0.860. The molecule has 0 atom stereocenters. The maximum atomic E-state index is 10.9. The smallest absolute Gasteiger partial charge is 0.333 e.